The second-order valence-electron chi connectivity index (χ2n) is 4.45. The zero-order chi connectivity index (χ0) is 10.6. The van der Waals surface area contributed by atoms with Gasteiger partial charge in [0.2, 0.25) is 5.96 Å². The molecule has 0 spiro atoms. The Morgan fingerprint density at radius 3 is 2.50 bits per heavy atom. The van der Waals surface area contributed by atoms with E-state index < -0.39 is 0 Å². The van der Waals surface area contributed by atoms with E-state index in [9.17, 15) is 0 Å². The molecule has 4 nitrogen and oxygen atoms in total. The summed E-state index contributed by atoms with van der Waals surface area (Å²) < 4.78 is 0. The molecule has 1 aliphatic carbocycles. The van der Waals surface area contributed by atoms with Crippen LogP contribution in [-0.4, -0.2) is 18.5 Å². The molecule has 0 aliphatic heterocycles. The van der Waals surface area contributed by atoms with E-state index >= 15 is 0 Å². The number of aliphatic imine (C=N–C) groups is 1. The standard InChI is InChI=1S/C10H22N4/c1-7(2)13-10(14-11)12-6-8(3)9-4-5-9/h7-9H,4-6,11H2,1-3H3,(H2,12,13,14). The number of rotatable bonds is 4. The minimum Gasteiger partial charge on any atom is -0.353 e. The van der Waals surface area contributed by atoms with Crippen LogP contribution in [-0.2, 0) is 0 Å². The molecule has 4 N–H and O–H groups in total. The van der Waals surface area contributed by atoms with Gasteiger partial charge in [-0.1, -0.05) is 6.92 Å². The van der Waals surface area contributed by atoms with Crippen LogP contribution in [0.25, 0.3) is 0 Å². The summed E-state index contributed by atoms with van der Waals surface area (Å²) in [5, 5.41) is 3.16. The molecule has 1 rings (SSSR count). The van der Waals surface area contributed by atoms with Crippen LogP contribution in [0.3, 0.4) is 0 Å². The lowest BCUT2D eigenvalue weighted by Gasteiger charge is -2.13. The molecule has 1 saturated carbocycles. The van der Waals surface area contributed by atoms with E-state index in [0.29, 0.717) is 17.9 Å². The van der Waals surface area contributed by atoms with Crippen LogP contribution in [0.5, 0.6) is 0 Å². The molecule has 0 aromatic heterocycles. The summed E-state index contributed by atoms with van der Waals surface area (Å²) >= 11 is 0. The third kappa shape index (κ3) is 3.96. The van der Waals surface area contributed by atoms with Gasteiger partial charge in [-0.3, -0.25) is 10.4 Å². The fraction of sp³-hybridized carbons (Fsp3) is 0.900. The predicted octanol–water partition coefficient (Wildman–Crippen LogP) is 0.850. The molecule has 0 amide bonds. The lowest BCUT2D eigenvalue weighted by Crippen LogP contribution is -2.44. The molecule has 1 aliphatic rings. The minimum atomic E-state index is 0.362. The summed E-state index contributed by atoms with van der Waals surface area (Å²) in [7, 11) is 0. The first kappa shape index (κ1) is 11.3. The average Bonchev–Trinajstić information content (AvgIpc) is 2.93. The van der Waals surface area contributed by atoms with Crippen molar-refractivity contribution in [1.82, 2.24) is 10.7 Å². The Balaban J connectivity index is 2.30. The zero-order valence-corrected chi connectivity index (χ0v) is 9.38. The third-order valence-corrected chi connectivity index (χ3v) is 2.53. The molecule has 0 saturated heterocycles. The van der Waals surface area contributed by atoms with Crippen LogP contribution < -0.4 is 16.6 Å². The number of hydrogen-bond donors (Lipinski definition) is 3. The first-order valence-electron chi connectivity index (χ1n) is 5.41. The first-order valence-corrected chi connectivity index (χ1v) is 5.41. The quantitative estimate of drug-likeness (QED) is 0.272. The number of hydrogen-bond acceptors (Lipinski definition) is 2. The summed E-state index contributed by atoms with van der Waals surface area (Å²) in [4.78, 5) is 4.41. The number of nitrogens with two attached hydrogens (primary N) is 1. The van der Waals surface area contributed by atoms with Gasteiger partial charge in [0.25, 0.3) is 0 Å². The van der Waals surface area contributed by atoms with Crippen molar-refractivity contribution in [2.45, 2.75) is 39.7 Å². The van der Waals surface area contributed by atoms with Crippen LogP contribution >= 0.6 is 0 Å². The van der Waals surface area contributed by atoms with Crippen LogP contribution in [0, 0.1) is 11.8 Å². The summed E-state index contributed by atoms with van der Waals surface area (Å²) in [6.45, 7) is 7.25. The van der Waals surface area contributed by atoms with Gasteiger partial charge in [0.15, 0.2) is 0 Å². The fourth-order valence-corrected chi connectivity index (χ4v) is 1.46. The predicted molar refractivity (Wildman–Crippen MR) is 59.8 cm³/mol. The fourth-order valence-electron chi connectivity index (χ4n) is 1.46. The average molecular weight is 198 g/mol. The van der Waals surface area contributed by atoms with Crippen molar-refractivity contribution < 1.29 is 0 Å². The lowest BCUT2D eigenvalue weighted by molar-refractivity contribution is 0.519. The van der Waals surface area contributed by atoms with Crippen molar-refractivity contribution in [3.05, 3.63) is 0 Å². The molecule has 0 bridgehead atoms. The molecule has 0 radical (unpaired) electrons. The highest BCUT2D eigenvalue weighted by molar-refractivity contribution is 5.79. The van der Waals surface area contributed by atoms with E-state index in [-0.39, 0.29) is 0 Å². The minimum absolute atomic E-state index is 0.362. The second-order valence-corrected chi connectivity index (χ2v) is 4.45. The molecule has 1 unspecified atom stereocenters. The van der Waals surface area contributed by atoms with Crippen LogP contribution in [0.2, 0.25) is 0 Å². The van der Waals surface area contributed by atoms with Gasteiger partial charge < -0.3 is 5.32 Å². The number of nitrogens with zero attached hydrogens (tertiary/aromatic N) is 1. The Labute approximate surface area is 86.3 Å². The highest BCUT2D eigenvalue weighted by Crippen LogP contribution is 2.36. The lowest BCUT2D eigenvalue weighted by atomic mass is 10.1. The van der Waals surface area contributed by atoms with E-state index in [4.69, 9.17) is 5.84 Å². The van der Waals surface area contributed by atoms with Crippen LogP contribution in [0.4, 0.5) is 0 Å². The molecule has 0 aromatic rings. The number of nitrogens with one attached hydrogen (secondary N) is 2. The van der Waals surface area contributed by atoms with E-state index in [1.54, 1.807) is 0 Å². The van der Waals surface area contributed by atoms with Gasteiger partial charge in [0.05, 0.1) is 0 Å². The van der Waals surface area contributed by atoms with Gasteiger partial charge in [0, 0.05) is 12.6 Å². The van der Waals surface area contributed by atoms with Crippen molar-refractivity contribution in [2.24, 2.45) is 22.7 Å². The Kier molecular flexibility index (Phi) is 4.20. The zero-order valence-electron chi connectivity index (χ0n) is 9.38. The van der Waals surface area contributed by atoms with Gasteiger partial charge >= 0.3 is 0 Å². The Hall–Kier alpha value is -0.770. The molecular weight excluding hydrogens is 176 g/mol. The number of hydrazine groups is 1. The van der Waals surface area contributed by atoms with Crippen LogP contribution in [0.1, 0.15) is 33.6 Å². The SMILES string of the molecule is CC(C)NC(=NCC(C)C1CC1)NN. The van der Waals surface area contributed by atoms with Crippen molar-refractivity contribution in [3.8, 4) is 0 Å². The van der Waals surface area contributed by atoms with Crippen LogP contribution in [0.15, 0.2) is 4.99 Å². The van der Waals surface area contributed by atoms with Gasteiger partial charge in [-0.15, -0.1) is 0 Å². The third-order valence-electron chi connectivity index (χ3n) is 2.53. The van der Waals surface area contributed by atoms with Gasteiger partial charge in [0.1, 0.15) is 0 Å². The Morgan fingerprint density at radius 1 is 1.43 bits per heavy atom. The smallest absolute Gasteiger partial charge is 0.205 e. The molecule has 0 heterocycles. The van der Waals surface area contributed by atoms with Gasteiger partial charge in [-0.05, 0) is 38.5 Å². The summed E-state index contributed by atoms with van der Waals surface area (Å²) in [6, 6.07) is 0.362. The van der Waals surface area contributed by atoms with E-state index in [1.165, 1.54) is 12.8 Å². The number of guanidine groups is 1. The molecule has 14 heavy (non-hydrogen) atoms. The molecule has 1 atom stereocenters. The molecule has 1 fully saturated rings. The highest BCUT2D eigenvalue weighted by Gasteiger charge is 2.27. The largest absolute Gasteiger partial charge is 0.353 e. The maximum Gasteiger partial charge on any atom is 0.205 e. The van der Waals surface area contributed by atoms with E-state index in [2.05, 4.69) is 36.5 Å². The normalized spacial score (nSPS) is 19.6. The molecule has 0 aromatic carbocycles. The monoisotopic (exact) mass is 198 g/mol. The van der Waals surface area contributed by atoms with Crippen molar-refractivity contribution >= 4 is 5.96 Å². The second kappa shape index (κ2) is 5.20. The topological polar surface area (TPSA) is 62.4 Å². The summed E-state index contributed by atoms with van der Waals surface area (Å²) in [6.07, 6.45) is 2.75. The van der Waals surface area contributed by atoms with E-state index in [0.717, 1.165) is 12.5 Å². The molecular formula is C10H22N4. The summed E-state index contributed by atoms with van der Waals surface area (Å²) in [5.41, 5.74) is 2.59. The van der Waals surface area contributed by atoms with Crippen molar-refractivity contribution in [3.63, 3.8) is 0 Å². The first-order chi connectivity index (χ1) is 6.63. The van der Waals surface area contributed by atoms with Crippen molar-refractivity contribution in [2.75, 3.05) is 6.54 Å². The Morgan fingerprint density at radius 2 is 2.07 bits per heavy atom. The van der Waals surface area contributed by atoms with Gasteiger partial charge in [-0.2, -0.15) is 0 Å². The van der Waals surface area contributed by atoms with Crippen molar-refractivity contribution in [1.29, 1.82) is 0 Å². The van der Waals surface area contributed by atoms with Gasteiger partial charge in [-0.25, -0.2) is 5.84 Å². The molecule has 4 heteroatoms. The maximum atomic E-state index is 5.36. The molecule has 82 valence electrons. The van der Waals surface area contributed by atoms with E-state index in [1.807, 2.05) is 0 Å². The highest BCUT2D eigenvalue weighted by atomic mass is 15.3. The summed E-state index contributed by atoms with van der Waals surface area (Å²) in [5.74, 6) is 7.64. The maximum absolute atomic E-state index is 5.36. The Bertz CT molecular complexity index is 196.